The minimum Gasteiger partial charge on any atom is -0.481 e. The van der Waals surface area contributed by atoms with Crippen LogP contribution in [0, 0.1) is 26.2 Å². The molecule has 1 N–H and O–H groups in total. The summed E-state index contributed by atoms with van der Waals surface area (Å²) in [5.41, 5.74) is 3.44. The number of aryl methyl sites for hydroxylation is 3. The molecule has 0 radical (unpaired) electrons. The molecule has 0 bridgehead atoms. The van der Waals surface area contributed by atoms with Crippen LogP contribution >= 0.6 is 0 Å². The first-order valence-electron chi connectivity index (χ1n) is 9.55. The van der Waals surface area contributed by atoms with Gasteiger partial charge in [-0.3, -0.25) is 9.59 Å². The van der Waals surface area contributed by atoms with Crippen molar-refractivity contribution in [1.82, 2.24) is 0 Å². The van der Waals surface area contributed by atoms with Gasteiger partial charge in [0.1, 0.15) is 0 Å². The highest BCUT2D eigenvalue weighted by atomic mass is 16.4. The van der Waals surface area contributed by atoms with Crippen molar-refractivity contribution in [3.05, 3.63) is 34.4 Å². The number of carboxylic acids is 1. The second-order valence-electron chi connectivity index (χ2n) is 7.73. The van der Waals surface area contributed by atoms with Gasteiger partial charge in [-0.1, -0.05) is 50.3 Å². The van der Waals surface area contributed by atoms with Crippen molar-refractivity contribution >= 4 is 11.8 Å². The smallest absolute Gasteiger partial charge is 0.309 e. The van der Waals surface area contributed by atoms with E-state index in [1.807, 2.05) is 27.7 Å². The summed E-state index contributed by atoms with van der Waals surface area (Å²) in [7, 11) is 0. The molecule has 140 valence electrons. The average molecular weight is 347 g/mol. The average Bonchev–Trinajstić information content (AvgIpc) is 2.50. The van der Waals surface area contributed by atoms with Gasteiger partial charge in [-0.2, -0.15) is 0 Å². The van der Waals surface area contributed by atoms with Gasteiger partial charge >= 0.3 is 5.97 Å². The van der Waals surface area contributed by atoms with Crippen LogP contribution in [0.4, 0.5) is 0 Å². The third-order valence-electron chi connectivity index (χ3n) is 5.19. The number of benzene rings is 1. The first-order chi connectivity index (χ1) is 11.7. The molecule has 1 rings (SSSR count). The predicted octanol–water partition coefficient (Wildman–Crippen LogP) is 6.03. The number of aliphatic carboxylic acids is 1. The van der Waals surface area contributed by atoms with E-state index in [9.17, 15) is 14.7 Å². The second-order valence-corrected chi connectivity index (χ2v) is 7.73. The molecular weight excluding hydrogens is 312 g/mol. The summed E-state index contributed by atoms with van der Waals surface area (Å²) >= 11 is 0. The Morgan fingerprint density at radius 3 is 1.96 bits per heavy atom. The molecule has 3 nitrogen and oxygen atoms in total. The maximum Gasteiger partial charge on any atom is 0.309 e. The van der Waals surface area contributed by atoms with Gasteiger partial charge in [0, 0.05) is 12.0 Å². The lowest BCUT2D eigenvalue weighted by Gasteiger charge is -2.24. The summed E-state index contributed by atoms with van der Waals surface area (Å²) in [5, 5.41) is 9.55. The summed E-state index contributed by atoms with van der Waals surface area (Å²) in [6.45, 7) is 9.99. The van der Waals surface area contributed by atoms with E-state index in [4.69, 9.17) is 0 Å². The van der Waals surface area contributed by atoms with Gasteiger partial charge in [0.05, 0.1) is 5.41 Å². The second kappa shape index (κ2) is 9.74. The zero-order chi connectivity index (χ0) is 19.0. The zero-order valence-corrected chi connectivity index (χ0v) is 16.6. The van der Waals surface area contributed by atoms with E-state index in [1.54, 1.807) is 0 Å². The Bertz CT molecular complexity index is 580. The monoisotopic (exact) mass is 346 g/mol. The summed E-state index contributed by atoms with van der Waals surface area (Å²) in [6.07, 6.45) is 6.53. The largest absolute Gasteiger partial charge is 0.481 e. The van der Waals surface area contributed by atoms with Crippen LogP contribution in [-0.4, -0.2) is 16.9 Å². The lowest BCUT2D eigenvalue weighted by atomic mass is 9.80. The third kappa shape index (κ3) is 6.30. The molecule has 0 saturated carbocycles. The van der Waals surface area contributed by atoms with Gasteiger partial charge < -0.3 is 5.11 Å². The normalized spacial score (nSPS) is 13.5. The van der Waals surface area contributed by atoms with Crippen LogP contribution in [0.2, 0.25) is 0 Å². The van der Waals surface area contributed by atoms with Gasteiger partial charge in [-0.25, -0.2) is 0 Å². The summed E-state index contributed by atoms with van der Waals surface area (Å²) in [5.74, 6) is -0.529. The van der Waals surface area contributed by atoms with Crippen molar-refractivity contribution in [1.29, 1.82) is 0 Å². The van der Waals surface area contributed by atoms with Gasteiger partial charge in [0.2, 0.25) is 0 Å². The predicted molar refractivity (Wildman–Crippen MR) is 103 cm³/mol. The van der Waals surface area contributed by atoms with Crippen molar-refractivity contribution in [3.63, 3.8) is 0 Å². The molecule has 1 aromatic carbocycles. The van der Waals surface area contributed by atoms with Crippen LogP contribution in [0.25, 0.3) is 0 Å². The molecule has 0 aromatic heterocycles. The first kappa shape index (κ1) is 21.4. The van der Waals surface area contributed by atoms with E-state index in [0.717, 1.165) is 55.2 Å². The topological polar surface area (TPSA) is 54.4 Å². The molecule has 0 saturated heterocycles. The molecule has 3 heteroatoms. The number of ketones is 1. The number of unbranched alkanes of at least 4 members (excludes halogenated alkanes) is 3. The minimum atomic E-state index is -0.708. The summed E-state index contributed by atoms with van der Waals surface area (Å²) in [6, 6.07) is 4.10. The van der Waals surface area contributed by atoms with E-state index < -0.39 is 11.4 Å². The van der Waals surface area contributed by atoms with E-state index in [1.165, 1.54) is 5.56 Å². The Morgan fingerprint density at radius 1 is 0.960 bits per heavy atom. The van der Waals surface area contributed by atoms with Gasteiger partial charge in [0.25, 0.3) is 0 Å². The van der Waals surface area contributed by atoms with Crippen molar-refractivity contribution in [3.8, 4) is 0 Å². The number of hydrogen-bond acceptors (Lipinski definition) is 2. The number of carbonyl (C=O) groups is 2. The number of carboxylic acid groups (broad SMARTS) is 1. The molecule has 0 amide bonds. The van der Waals surface area contributed by atoms with E-state index in [2.05, 4.69) is 19.1 Å². The molecule has 0 spiro atoms. The van der Waals surface area contributed by atoms with Crippen LogP contribution in [-0.2, 0) is 4.79 Å². The standard InChI is InChI=1S/C22H34O3/c1-6-7-9-12-22(5,21(24)25)13-10-8-11-19(23)20-17(3)14-16(2)15-18(20)4/h14-15H,6-13H2,1-5H3,(H,24,25). The van der Waals surface area contributed by atoms with Crippen LogP contribution in [0.3, 0.4) is 0 Å². The van der Waals surface area contributed by atoms with Crippen molar-refractivity contribution in [2.75, 3.05) is 0 Å². The van der Waals surface area contributed by atoms with Gasteiger partial charge in [-0.05, 0) is 58.1 Å². The summed E-state index contributed by atoms with van der Waals surface area (Å²) < 4.78 is 0. The fourth-order valence-electron chi connectivity index (χ4n) is 3.65. The maximum absolute atomic E-state index is 12.6. The third-order valence-corrected chi connectivity index (χ3v) is 5.19. The Kier molecular flexibility index (Phi) is 8.34. The highest BCUT2D eigenvalue weighted by Crippen LogP contribution is 2.31. The molecule has 1 unspecified atom stereocenters. The molecule has 1 atom stereocenters. The van der Waals surface area contributed by atoms with Crippen molar-refractivity contribution < 1.29 is 14.7 Å². The highest BCUT2D eigenvalue weighted by Gasteiger charge is 2.31. The molecular formula is C22H34O3. The van der Waals surface area contributed by atoms with E-state index >= 15 is 0 Å². The van der Waals surface area contributed by atoms with Gasteiger partial charge in [0.15, 0.2) is 5.78 Å². The fourth-order valence-corrected chi connectivity index (χ4v) is 3.65. The van der Waals surface area contributed by atoms with E-state index in [-0.39, 0.29) is 5.78 Å². The molecule has 0 fully saturated rings. The summed E-state index contributed by atoms with van der Waals surface area (Å²) in [4.78, 5) is 24.2. The molecule has 0 aliphatic rings. The Labute approximate surface area is 152 Å². The minimum absolute atomic E-state index is 0.179. The molecule has 25 heavy (non-hydrogen) atoms. The Balaban J connectivity index is 2.56. The van der Waals surface area contributed by atoms with Crippen LogP contribution in [0.1, 0.15) is 92.3 Å². The molecule has 0 aliphatic heterocycles. The number of rotatable bonds is 11. The maximum atomic E-state index is 12.6. The Morgan fingerprint density at radius 2 is 1.48 bits per heavy atom. The van der Waals surface area contributed by atoms with Crippen molar-refractivity contribution in [2.24, 2.45) is 5.41 Å². The van der Waals surface area contributed by atoms with Crippen LogP contribution in [0.5, 0.6) is 0 Å². The quantitative estimate of drug-likeness (QED) is 0.393. The molecule has 0 heterocycles. The number of Topliss-reactive ketones (excluding diaryl/α,β-unsaturated/α-hetero) is 1. The lowest BCUT2D eigenvalue weighted by Crippen LogP contribution is -2.27. The first-order valence-corrected chi connectivity index (χ1v) is 9.55. The zero-order valence-electron chi connectivity index (χ0n) is 16.6. The van der Waals surface area contributed by atoms with Gasteiger partial charge in [-0.15, -0.1) is 0 Å². The van der Waals surface area contributed by atoms with Crippen molar-refractivity contribution in [2.45, 2.75) is 86.0 Å². The van der Waals surface area contributed by atoms with Crippen LogP contribution in [0.15, 0.2) is 12.1 Å². The Hall–Kier alpha value is -1.64. The number of carbonyl (C=O) groups excluding carboxylic acids is 1. The SMILES string of the molecule is CCCCCC(C)(CCCCC(=O)c1c(C)cc(C)cc1C)C(=O)O. The highest BCUT2D eigenvalue weighted by molar-refractivity contribution is 5.98. The fraction of sp³-hybridized carbons (Fsp3) is 0.636. The lowest BCUT2D eigenvalue weighted by molar-refractivity contribution is -0.149. The molecule has 0 aliphatic carbocycles. The molecule has 1 aromatic rings. The number of hydrogen-bond donors (Lipinski definition) is 1. The van der Waals surface area contributed by atoms with Crippen LogP contribution < -0.4 is 0 Å². The van der Waals surface area contributed by atoms with E-state index in [0.29, 0.717) is 12.8 Å².